The van der Waals surface area contributed by atoms with Crippen molar-refractivity contribution in [2.75, 3.05) is 4.90 Å². The fourth-order valence-electron chi connectivity index (χ4n) is 10.6. The molecule has 0 atom stereocenters. The molecule has 0 spiro atoms. The Morgan fingerprint density at radius 1 is 0.275 bits per heavy atom. The Bertz CT molecular complexity index is 3620. The zero-order valence-electron chi connectivity index (χ0n) is 37.9. The Morgan fingerprint density at radius 3 is 1.36 bits per heavy atom. The van der Waals surface area contributed by atoms with E-state index in [1.807, 2.05) is 12.1 Å². The average Bonchev–Trinajstić information content (AvgIpc) is 4.01. The zero-order chi connectivity index (χ0) is 45.7. The van der Waals surface area contributed by atoms with Crippen LogP contribution in [0.3, 0.4) is 0 Å². The summed E-state index contributed by atoms with van der Waals surface area (Å²) in [6.45, 7) is 0. The number of hydrogen-bond acceptors (Lipinski definition) is 3. The number of anilines is 3. The van der Waals surface area contributed by atoms with Gasteiger partial charge in [-0.2, -0.15) is 0 Å². The monoisotopic (exact) mass is 879 g/mol. The molecule has 324 valence electrons. The van der Waals surface area contributed by atoms with Crippen LogP contribution in [0.4, 0.5) is 17.1 Å². The standard InChI is InChI=1S/C66H45N3/c1-4-14-44(15-5-1)45-28-34-54(35-29-45)69(56-38-32-47(33-39-56)57-23-13-24-59-58-22-11-10-20-51(58)42-62(57)59)55-36-30-46(31-37-55)50-26-27-52-40-53-21-12-25-60(65(53)61(52)41-50)66-67-63(48-16-6-2-7-17-48)43-64(68-66)49-18-8-3-9-19-49/h1-39,41,43H,40,42H2. The molecule has 0 saturated heterocycles. The average molecular weight is 880 g/mol. The highest BCUT2D eigenvalue weighted by Crippen LogP contribution is 2.46. The lowest BCUT2D eigenvalue weighted by molar-refractivity contribution is 1.18. The molecular weight excluding hydrogens is 835 g/mol. The zero-order valence-corrected chi connectivity index (χ0v) is 37.9. The van der Waals surface area contributed by atoms with Gasteiger partial charge in [0.1, 0.15) is 0 Å². The predicted molar refractivity (Wildman–Crippen MR) is 286 cm³/mol. The third kappa shape index (κ3) is 7.42. The van der Waals surface area contributed by atoms with E-state index in [4.69, 9.17) is 9.97 Å². The minimum atomic E-state index is 0.734. The summed E-state index contributed by atoms with van der Waals surface area (Å²) in [4.78, 5) is 12.9. The normalized spacial score (nSPS) is 11.9. The van der Waals surface area contributed by atoms with Crippen LogP contribution < -0.4 is 4.90 Å². The highest BCUT2D eigenvalue weighted by atomic mass is 15.1. The molecule has 3 nitrogen and oxygen atoms in total. The minimum Gasteiger partial charge on any atom is -0.311 e. The van der Waals surface area contributed by atoms with Gasteiger partial charge in [-0.05, 0) is 139 Å². The third-order valence-electron chi connectivity index (χ3n) is 14.0. The van der Waals surface area contributed by atoms with Gasteiger partial charge in [0, 0.05) is 33.8 Å². The van der Waals surface area contributed by atoms with E-state index in [1.165, 1.54) is 72.3 Å². The first-order chi connectivity index (χ1) is 34.2. The lowest BCUT2D eigenvalue weighted by Crippen LogP contribution is -2.09. The van der Waals surface area contributed by atoms with Gasteiger partial charge in [0.15, 0.2) is 5.82 Å². The fourth-order valence-corrected chi connectivity index (χ4v) is 10.6. The van der Waals surface area contributed by atoms with Crippen molar-refractivity contribution in [3.05, 3.63) is 271 Å². The first-order valence-electron chi connectivity index (χ1n) is 23.8. The number of fused-ring (bicyclic) bond motifs is 6. The highest BCUT2D eigenvalue weighted by molar-refractivity contribution is 5.92. The van der Waals surface area contributed by atoms with Crippen molar-refractivity contribution < 1.29 is 0 Å². The molecule has 1 heterocycles. The molecule has 2 aliphatic rings. The Morgan fingerprint density at radius 2 is 0.725 bits per heavy atom. The van der Waals surface area contributed by atoms with Gasteiger partial charge in [-0.15, -0.1) is 0 Å². The highest BCUT2D eigenvalue weighted by Gasteiger charge is 2.26. The molecule has 1 aromatic heterocycles. The smallest absolute Gasteiger partial charge is 0.161 e. The summed E-state index contributed by atoms with van der Waals surface area (Å²) < 4.78 is 0. The van der Waals surface area contributed by atoms with Gasteiger partial charge in [0.25, 0.3) is 0 Å². The van der Waals surface area contributed by atoms with E-state index < -0.39 is 0 Å². The summed E-state index contributed by atoms with van der Waals surface area (Å²) in [5.74, 6) is 0.734. The second-order valence-electron chi connectivity index (χ2n) is 18.1. The number of nitrogens with zero attached hydrogens (tertiary/aromatic N) is 3. The maximum absolute atomic E-state index is 5.25. The van der Waals surface area contributed by atoms with Crippen molar-refractivity contribution in [2.45, 2.75) is 12.8 Å². The molecule has 0 amide bonds. The maximum Gasteiger partial charge on any atom is 0.161 e. The maximum atomic E-state index is 5.25. The summed E-state index contributed by atoms with van der Waals surface area (Å²) in [5.41, 5.74) is 26.1. The summed E-state index contributed by atoms with van der Waals surface area (Å²) >= 11 is 0. The van der Waals surface area contributed by atoms with Gasteiger partial charge in [0.05, 0.1) is 11.4 Å². The summed E-state index contributed by atoms with van der Waals surface area (Å²) in [7, 11) is 0. The molecule has 10 aromatic carbocycles. The van der Waals surface area contributed by atoms with Crippen molar-refractivity contribution in [1.82, 2.24) is 9.97 Å². The number of aromatic nitrogens is 2. The molecule has 3 heteroatoms. The SMILES string of the molecule is c1ccc(-c2ccc(N(c3ccc(-c4ccc5c(c4)-c4c(cccc4-c4nc(-c6ccccc6)cc(-c6ccccc6)n4)C5)cc3)c3ccc(-c4cccc5c4Cc4ccccc4-5)cc3)cc2)cc1. The van der Waals surface area contributed by atoms with E-state index in [0.29, 0.717) is 0 Å². The van der Waals surface area contributed by atoms with E-state index in [9.17, 15) is 0 Å². The van der Waals surface area contributed by atoms with Crippen LogP contribution in [0.5, 0.6) is 0 Å². The van der Waals surface area contributed by atoms with E-state index in [0.717, 1.165) is 69.4 Å². The van der Waals surface area contributed by atoms with E-state index in [-0.39, 0.29) is 0 Å². The minimum absolute atomic E-state index is 0.734. The molecule has 2 aliphatic carbocycles. The van der Waals surface area contributed by atoms with Gasteiger partial charge >= 0.3 is 0 Å². The first kappa shape index (κ1) is 40.4. The van der Waals surface area contributed by atoms with Crippen LogP contribution in [-0.4, -0.2) is 9.97 Å². The van der Waals surface area contributed by atoms with Crippen molar-refractivity contribution in [1.29, 1.82) is 0 Å². The van der Waals surface area contributed by atoms with Crippen molar-refractivity contribution in [2.24, 2.45) is 0 Å². The second kappa shape index (κ2) is 17.1. The van der Waals surface area contributed by atoms with Gasteiger partial charge in [-0.25, -0.2) is 9.97 Å². The van der Waals surface area contributed by atoms with Crippen LogP contribution in [0.1, 0.15) is 22.3 Å². The van der Waals surface area contributed by atoms with Crippen LogP contribution >= 0.6 is 0 Å². The molecule has 0 N–H and O–H groups in total. The van der Waals surface area contributed by atoms with Gasteiger partial charge in [0.2, 0.25) is 0 Å². The lowest BCUT2D eigenvalue weighted by Gasteiger charge is -2.26. The lowest BCUT2D eigenvalue weighted by atomic mass is 9.95. The topological polar surface area (TPSA) is 29.0 Å². The van der Waals surface area contributed by atoms with Crippen molar-refractivity contribution >= 4 is 17.1 Å². The van der Waals surface area contributed by atoms with Gasteiger partial charge in [-0.1, -0.05) is 200 Å². The van der Waals surface area contributed by atoms with Crippen LogP contribution in [0.25, 0.3) is 89.5 Å². The van der Waals surface area contributed by atoms with Crippen molar-refractivity contribution in [3.8, 4) is 89.5 Å². The Hall–Kier alpha value is -8.92. The largest absolute Gasteiger partial charge is 0.311 e. The molecule has 0 fully saturated rings. The van der Waals surface area contributed by atoms with Crippen LogP contribution in [-0.2, 0) is 12.8 Å². The van der Waals surface area contributed by atoms with E-state index >= 15 is 0 Å². The molecule has 69 heavy (non-hydrogen) atoms. The summed E-state index contributed by atoms with van der Waals surface area (Å²) in [6.07, 6.45) is 1.83. The molecule has 11 aromatic rings. The number of rotatable bonds is 9. The van der Waals surface area contributed by atoms with Crippen LogP contribution in [0, 0.1) is 0 Å². The third-order valence-corrected chi connectivity index (χ3v) is 14.0. The fraction of sp³-hybridized carbons (Fsp3) is 0.0303. The Kier molecular flexibility index (Phi) is 9.98. The molecule has 0 radical (unpaired) electrons. The first-order valence-corrected chi connectivity index (χ1v) is 23.8. The molecule has 13 rings (SSSR count). The Balaban J connectivity index is 0.858. The van der Waals surface area contributed by atoms with Gasteiger partial charge < -0.3 is 4.90 Å². The number of benzene rings is 10. The van der Waals surface area contributed by atoms with E-state index in [2.05, 4.69) is 241 Å². The quantitative estimate of drug-likeness (QED) is 0.145. The van der Waals surface area contributed by atoms with Crippen molar-refractivity contribution in [3.63, 3.8) is 0 Å². The number of hydrogen-bond donors (Lipinski definition) is 0. The Labute approximate surface area is 403 Å². The molecule has 0 bridgehead atoms. The van der Waals surface area contributed by atoms with E-state index in [1.54, 1.807) is 0 Å². The molecule has 0 unspecified atom stereocenters. The summed E-state index contributed by atoms with van der Waals surface area (Å²) in [5, 5.41) is 0. The molecule has 0 aliphatic heterocycles. The van der Waals surface area contributed by atoms with Crippen LogP contribution in [0.15, 0.2) is 249 Å². The van der Waals surface area contributed by atoms with Gasteiger partial charge in [-0.3, -0.25) is 0 Å². The molecule has 0 saturated carbocycles. The summed E-state index contributed by atoms with van der Waals surface area (Å²) in [6, 6.07) is 89.8. The molecular formula is C66H45N3. The second-order valence-corrected chi connectivity index (χ2v) is 18.1. The van der Waals surface area contributed by atoms with Crippen LogP contribution in [0.2, 0.25) is 0 Å². The predicted octanol–water partition coefficient (Wildman–Crippen LogP) is 17.1.